The summed E-state index contributed by atoms with van der Waals surface area (Å²) in [7, 11) is 0. The number of carbonyl (C=O) groups is 1. The minimum absolute atomic E-state index is 0.0519. The highest BCUT2D eigenvalue weighted by molar-refractivity contribution is 6.22. The number of ketones is 1. The number of aromatic nitrogens is 3. The van der Waals surface area contributed by atoms with Gasteiger partial charge in [0.1, 0.15) is 0 Å². The zero-order valence-corrected chi connectivity index (χ0v) is 19.7. The average Bonchev–Trinajstić information content (AvgIpc) is 3.21. The molecule has 8 nitrogen and oxygen atoms in total. The minimum atomic E-state index is 0.0519. The summed E-state index contributed by atoms with van der Waals surface area (Å²) >= 11 is 0. The molecule has 36 heavy (non-hydrogen) atoms. The van der Waals surface area contributed by atoms with Gasteiger partial charge >= 0.3 is 6.01 Å². The van der Waals surface area contributed by atoms with Crippen LogP contribution in [-0.4, -0.2) is 53.6 Å². The molecule has 1 saturated heterocycles. The molecule has 6 rings (SSSR count). The fourth-order valence-corrected chi connectivity index (χ4v) is 4.51. The van der Waals surface area contributed by atoms with E-state index in [1.807, 2.05) is 60.7 Å². The van der Waals surface area contributed by atoms with Crippen LogP contribution in [0.25, 0.3) is 11.1 Å². The number of morpholine rings is 1. The molecule has 0 spiro atoms. The van der Waals surface area contributed by atoms with Crippen molar-refractivity contribution >= 4 is 23.4 Å². The quantitative estimate of drug-likeness (QED) is 0.370. The van der Waals surface area contributed by atoms with E-state index in [-0.39, 0.29) is 11.8 Å². The monoisotopic (exact) mass is 479 g/mol. The van der Waals surface area contributed by atoms with Gasteiger partial charge in [0.25, 0.3) is 0 Å². The standard InChI is InChI=1S/C28H25N5O3/c34-25-22-9-5-4-8-21(22)24-18-20(10-11-23(24)25)29-26-30-27(33-13-16-35-17-14-33)32-28(31-26)36-15-12-19-6-2-1-3-7-19/h1-11,18H,12-17H2,(H,29,30,31,32). The molecule has 3 aromatic carbocycles. The van der Waals surface area contributed by atoms with E-state index >= 15 is 0 Å². The molecule has 0 unspecified atom stereocenters. The Morgan fingerprint density at radius 2 is 1.58 bits per heavy atom. The van der Waals surface area contributed by atoms with Gasteiger partial charge in [0.15, 0.2) is 5.78 Å². The third-order valence-corrected chi connectivity index (χ3v) is 6.34. The average molecular weight is 480 g/mol. The van der Waals surface area contributed by atoms with Crippen LogP contribution in [0.4, 0.5) is 17.6 Å². The van der Waals surface area contributed by atoms with Gasteiger partial charge in [-0.15, -0.1) is 0 Å². The van der Waals surface area contributed by atoms with E-state index in [4.69, 9.17) is 9.47 Å². The highest BCUT2D eigenvalue weighted by Gasteiger charge is 2.26. The number of carbonyl (C=O) groups excluding carboxylic acids is 1. The van der Waals surface area contributed by atoms with E-state index in [9.17, 15) is 4.79 Å². The minimum Gasteiger partial charge on any atom is -0.463 e. The third kappa shape index (κ3) is 4.50. The van der Waals surface area contributed by atoms with Crippen LogP contribution in [-0.2, 0) is 11.2 Å². The maximum atomic E-state index is 12.7. The molecule has 1 N–H and O–H groups in total. The van der Waals surface area contributed by atoms with Crippen molar-refractivity contribution in [3.63, 3.8) is 0 Å². The van der Waals surface area contributed by atoms with Crippen LogP contribution < -0.4 is 15.0 Å². The number of nitrogens with zero attached hydrogens (tertiary/aromatic N) is 4. The van der Waals surface area contributed by atoms with E-state index in [0.717, 1.165) is 28.8 Å². The van der Waals surface area contributed by atoms with E-state index in [0.29, 0.717) is 50.4 Å². The van der Waals surface area contributed by atoms with Crippen molar-refractivity contribution in [1.82, 2.24) is 15.0 Å². The Labute approximate surface area is 209 Å². The van der Waals surface area contributed by atoms with Crippen molar-refractivity contribution in [1.29, 1.82) is 0 Å². The summed E-state index contributed by atoms with van der Waals surface area (Å²) < 4.78 is 11.4. The van der Waals surface area contributed by atoms with Crippen LogP contribution in [0.15, 0.2) is 72.8 Å². The molecule has 1 aliphatic heterocycles. The van der Waals surface area contributed by atoms with Gasteiger partial charge in [-0.05, 0) is 34.9 Å². The van der Waals surface area contributed by atoms with Crippen molar-refractivity contribution in [2.45, 2.75) is 6.42 Å². The van der Waals surface area contributed by atoms with Crippen LogP contribution in [0.1, 0.15) is 21.5 Å². The van der Waals surface area contributed by atoms with E-state index in [1.54, 1.807) is 0 Å². The molecular formula is C28H25N5O3. The van der Waals surface area contributed by atoms with Gasteiger partial charge in [-0.1, -0.05) is 54.6 Å². The SMILES string of the molecule is O=C1c2ccccc2-c2cc(Nc3nc(OCCc4ccccc4)nc(N4CCOCC4)n3)ccc21. The second-order valence-electron chi connectivity index (χ2n) is 8.69. The van der Waals surface area contributed by atoms with Gasteiger partial charge in [0, 0.05) is 36.3 Å². The molecule has 1 aromatic heterocycles. The molecule has 2 heterocycles. The number of nitrogens with one attached hydrogen (secondary N) is 1. The Balaban J connectivity index is 1.26. The molecule has 0 saturated carbocycles. The number of anilines is 3. The lowest BCUT2D eigenvalue weighted by Gasteiger charge is -2.27. The van der Waals surface area contributed by atoms with Gasteiger partial charge in [-0.25, -0.2) is 0 Å². The molecule has 0 amide bonds. The Bertz CT molecular complexity index is 1400. The molecule has 2 aliphatic rings. The molecule has 1 fully saturated rings. The summed E-state index contributed by atoms with van der Waals surface area (Å²) in [6.07, 6.45) is 0.750. The lowest BCUT2D eigenvalue weighted by Crippen LogP contribution is -2.37. The van der Waals surface area contributed by atoms with E-state index in [1.165, 1.54) is 5.56 Å². The van der Waals surface area contributed by atoms with Crippen molar-refractivity contribution < 1.29 is 14.3 Å². The highest BCUT2D eigenvalue weighted by atomic mass is 16.5. The predicted molar refractivity (Wildman–Crippen MR) is 137 cm³/mol. The molecule has 1 aliphatic carbocycles. The molecule has 4 aromatic rings. The summed E-state index contributed by atoms with van der Waals surface area (Å²) in [4.78, 5) is 28.6. The van der Waals surface area contributed by atoms with Crippen LogP contribution >= 0.6 is 0 Å². The zero-order chi connectivity index (χ0) is 24.3. The number of benzene rings is 3. The predicted octanol–water partition coefficient (Wildman–Crippen LogP) is 4.28. The van der Waals surface area contributed by atoms with E-state index < -0.39 is 0 Å². The van der Waals surface area contributed by atoms with Crippen molar-refractivity contribution in [3.05, 3.63) is 89.5 Å². The fraction of sp³-hybridized carbons (Fsp3) is 0.214. The first kappa shape index (κ1) is 22.2. The van der Waals surface area contributed by atoms with Crippen LogP contribution in [0.3, 0.4) is 0 Å². The number of hydrogen-bond acceptors (Lipinski definition) is 8. The van der Waals surface area contributed by atoms with Gasteiger partial charge in [-0.2, -0.15) is 15.0 Å². The van der Waals surface area contributed by atoms with Crippen LogP contribution in [0, 0.1) is 0 Å². The number of ether oxygens (including phenoxy) is 2. The highest BCUT2D eigenvalue weighted by Crippen LogP contribution is 2.38. The third-order valence-electron chi connectivity index (χ3n) is 6.34. The lowest BCUT2D eigenvalue weighted by molar-refractivity contribution is 0.104. The molecule has 8 heteroatoms. The Kier molecular flexibility index (Phi) is 6.01. The number of fused-ring (bicyclic) bond motifs is 3. The van der Waals surface area contributed by atoms with Crippen molar-refractivity contribution in [2.24, 2.45) is 0 Å². The lowest BCUT2D eigenvalue weighted by atomic mass is 10.1. The Morgan fingerprint density at radius 1 is 0.833 bits per heavy atom. The summed E-state index contributed by atoms with van der Waals surface area (Å²) in [6.45, 7) is 3.09. The first-order chi connectivity index (χ1) is 17.7. The molecular weight excluding hydrogens is 454 g/mol. The summed E-state index contributed by atoms with van der Waals surface area (Å²) in [5, 5.41) is 3.30. The van der Waals surface area contributed by atoms with Crippen molar-refractivity contribution in [3.8, 4) is 17.1 Å². The first-order valence-electron chi connectivity index (χ1n) is 12.1. The Hall–Kier alpha value is -4.30. The van der Waals surface area contributed by atoms with Crippen LogP contribution in [0.2, 0.25) is 0 Å². The largest absolute Gasteiger partial charge is 0.463 e. The topological polar surface area (TPSA) is 89.5 Å². The smallest absolute Gasteiger partial charge is 0.323 e. The second kappa shape index (κ2) is 9.75. The number of rotatable bonds is 7. The van der Waals surface area contributed by atoms with Gasteiger partial charge in [-0.3, -0.25) is 4.79 Å². The van der Waals surface area contributed by atoms with Crippen LogP contribution in [0.5, 0.6) is 6.01 Å². The summed E-state index contributed by atoms with van der Waals surface area (Å²) in [5.74, 6) is 0.988. The molecule has 180 valence electrons. The normalized spacial score (nSPS) is 14.3. The first-order valence-corrected chi connectivity index (χ1v) is 12.1. The summed E-state index contributed by atoms with van der Waals surface area (Å²) in [6, 6.07) is 23.8. The molecule has 0 atom stereocenters. The van der Waals surface area contributed by atoms with Gasteiger partial charge in [0.05, 0.1) is 19.8 Å². The fourth-order valence-electron chi connectivity index (χ4n) is 4.51. The number of hydrogen-bond donors (Lipinski definition) is 1. The second-order valence-corrected chi connectivity index (χ2v) is 8.69. The maximum Gasteiger partial charge on any atom is 0.323 e. The van der Waals surface area contributed by atoms with Gasteiger partial charge < -0.3 is 19.7 Å². The van der Waals surface area contributed by atoms with Crippen molar-refractivity contribution in [2.75, 3.05) is 43.1 Å². The maximum absolute atomic E-state index is 12.7. The van der Waals surface area contributed by atoms with Gasteiger partial charge in [0.2, 0.25) is 11.9 Å². The molecule has 0 radical (unpaired) electrons. The molecule has 0 bridgehead atoms. The zero-order valence-electron chi connectivity index (χ0n) is 19.7. The van der Waals surface area contributed by atoms with E-state index in [2.05, 4.69) is 37.3 Å². The summed E-state index contributed by atoms with van der Waals surface area (Å²) in [5.41, 5.74) is 5.25. The Morgan fingerprint density at radius 3 is 2.42 bits per heavy atom.